The van der Waals surface area contributed by atoms with Crippen molar-refractivity contribution in [2.24, 2.45) is 0 Å². The Balaban J connectivity index is 2.69. The standard InChI is InChI=1S/C8H10O4S/c9-5-6-12-7-1-3-8(4-2-7)13(10)11/h1-4,9,13H,5-6H2. The lowest BCUT2D eigenvalue weighted by atomic mass is 10.3. The van der Waals surface area contributed by atoms with Gasteiger partial charge in [0, 0.05) is 0 Å². The number of aliphatic hydroxyl groups excluding tert-OH is 1. The maximum absolute atomic E-state index is 10.5. The molecule has 0 aliphatic carbocycles. The molecule has 1 rings (SSSR count). The van der Waals surface area contributed by atoms with E-state index in [1.165, 1.54) is 12.1 Å². The molecule has 0 atom stereocenters. The van der Waals surface area contributed by atoms with Crippen LogP contribution in [0.15, 0.2) is 29.2 Å². The van der Waals surface area contributed by atoms with Gasteiger partial charge in [-0.05, 0) is 24.3 Å². The molecule has 72 valence electrons. The first-order valence-corrected chi connectivity index (χ1v) is 4.90. The van der Waals surface area contributed by atoms with E-state index in [0.29, 0.717) is 5.75 Å². The average Bonchev–Trinajstić information content (AvgIpc) is 2.15. The minimum Gasteiger partial charge on any atom is -0.491 e. The molecule has 0 radical (unpaired) electrons. The molecule has 1 aromatic carbocycles. The summed E-state index contributed by atoms with van der Waals surface area (Å²) in [6, 6.07) is 6.02. The van der Waals surface area contributed by atoms with E-state index >= 15 is 0 Å². The smallest absolute Gasteiger partial charge is 0.168 e. The van der Waals surface area contributed by atoms with Crippen molar-refractivity contribution in [2.45, 2.75) is 4.90 Å². The Kier molecular flexibility index (Phi) is 3.72. The van der Waals surface area contributed by atoms with E-state index in [4.69, 9.17) is 9.84 Å². The van der Waals surface area contributed by atoms with Crippen molar-refractivity contribution < 1.29 is 18.3 Å². The monoisotopic (exact) mass is 202 g/mol. The first-order valence-electron chi connectivity index (χ1n) is 3.72. The van der Waals surface area contributed by atoms with E-state index in [0.717, 1.165) is 0 Å². The molecule has 0 fully saturated rings. The van der Waals surface area contributed by atoms with Crippen molar-refractivity contribution >= 4 is 10.7 Å². The minimum absolute atomic E-state index is 0.0580. The highest BCUT2D eigenvalue weighted by molar-refractivity contribution is 7.72. The summed E-state index contributed by atoms with van der Waals surface area (Å²) in [6.45, 7) is 0.153. The van der Waals surface area contributed by atoms with Crippen molar-refractivity contribution in [3.63, 3.8) is 0 Å². The highest BCUT2D eigenvalue weighted by Gasteiger charge is 1.95. The summed E-state index contributed by atoms with van der Waals surface area (Å²) in [5.41, 5.74) is 0. The summed E-state index contributed by atoms with van der Waals surface area (Å²) in [5.74, 6) is 0.551. The zero-order chi connectivity index (χ0) is 9.68. The fourth-order valence-corrected chi connectivity index (χ4v) is 1.22. The number of benzene rings is 1. The first-order chi connectivity index (χ1) is 6.24. The Morgan fingerprint density at radius 2 is 1.85 bits per heavy atom. The molecule has 0 spiro atoms. The van der Waals surface area contributed by atoms with Gasteiger partial charge in [0.1, 0.15) is 12.4 Å². The molecule has 0 saturated carbocycles. The van der Waals surface area contributed by atoms with E-state index < -0.39 is 10.7 Å². The summed E-state index contributed by atoms with van der Waals surface area (Å²) in [6.07, 6.45) is 0. The third-order valence-electron chi connectivity index (χ3n) is 1.41. The Morgan fingerprint density at radius 3 is 2.31 bits per heavy atom. The van der Waals surface area contributed by atoms with Gasteiger partial charge < -0.3 is 9.84 Å². The summed E-state index contributed by atoms with van der Waals surface area (Å²) in [5, 5.41) is 8.45. The minimum atomic E-state index is -2.53. The van der Waals surface area contributed by atoms with E-state index in [1.807, 2.05) is 0 Å². The fraction of sp³-hybridized carbons (Fsp3) is 0.250. The molecular formula is C8H10O4S. The van der Waals surface area contributed by atoms with Crippen molar-refractivity contribution in [3.05, 3.63) is 24.3 Å². The van der Waals surface area contributed by atoms with Crippen LogP contribution in [0.5, 0.6) is 5.75 Å². The van der Waals surface area contributed by atoms with Gasteiger partial charge >= 0.3 is 0 Å². The number of rotatable bonds is 4. The number of aliphatic hydroxyl groups is 1. The van der Waals surface area contributed by atoms with Crippen LogP contribution in [0.2, 0.25) is 0 Å². The van der Waals surface area contributed by atoms with Gasteiger partial charge in [-0.15, -0.1) is 0 Å². The van der Waals surface area contributed by atoms with Gasteiger partial charge in [0.05, 0.1) is 11.5 Å². The second-order valence-electron chi connectivity index (χ2n) is 2.32. The predicted molar refractivity (Wildman–Crippen MR) is 47.6 cm³/mol. The third kappa shape index (κ3) is 3.04. The predicted octanol–water partition coefficient (Wildman–Crippen LogP) is 0.0280. The quantitative estimate of drug-likeness (QED) is 0.676. The molecular weight excluding hydrogens is 192 g/mol. The maximum Gasteiger partial charge on any atom is 0.168 e. The molecule has 0 amide bonds. The largest absolute Gasteiger partial charge is 0.491 e. The van der Waals surface area contributed by atoms with Crippen LogP contribution in [0.1, 0.15) is 0 Å². The van der Waals surface area contributed by atoms with Crippen molar-refractivity contribution in [1.29, 1.82) is 0 Å². The molecule has 5 heteroatoms. The van der Waals surface area contributed by atoms with E-state index in [-0.39, 0.29) is 18.1 Å². The van der Waals surface area contributed by atoms with Gasteiger partial charge in [0.25, 0.3) is 0 Å². The SMILES string of the molecule is O=[SH](=O)c1ccc(OCCO)cc1. The topological polar surface area (TPSA) is 63.6 Å². The Bertz CT molecular complexity index is 321. The Hall–Kier alpha value is -1.07. The van der Waals surface area contributed by atoms with Crippen LogP contribution in [0.4, 0.5) is 0 Å². The van der Waals surface area contributed by atoms with Crippen LogP contribution in [-0.4, -0.2) is 26.7 Å². The van der Waals surface area contributed by atoms with Gasteiger partial charge in [0.2, 0.25) is 0 Å². The van der Waals surface area contributed by atoms with Crippen LogP contribution in [-0.2, 0) is 10.7 Å². The van der Waals surface area contributed by atoms with E-state index in [2.05, 4.69) is 0 Å². The number of hydrogen-bond donors (Lipinski definition) is 2. The maximum atomic E-state index is 10.5. The third-order valence-corrected chi connectivity index (χ3v) is 2.13. The highest BCUT2D eigenvalue weighted by Crippen LogP contribution is 2.12. The van der Waals surface area contributed by atoms with Crippen molar-refractivity contribution in [2.75, 3.05) is 13.2 Å². The molecule has 0 heterocycles. The van der Waals surface area contributed by atoms with Gasteiger partial charge in [-0.25, -0.2) is 8.42 Å². The lowest BCUT2D eigenvalue weighted by Gasteiger charge is -2.02. The zero-order valence-electron chi connectivity index (χ0n) is 6.84. The molecule has 0 aliphatic rings. The summed E-state index contributed by atoms with van der Waals surface area (Å²) < 4.78 is 26.0. The lowest BCUT2D eigenvalue weighted by molar-refractivity contribution is 0.201. The zero-order valence-corrected chi connectivity index (χ0v) is 7.74. The van der Waals surface area contributed by atoms with Crippen molar-refractivity contribution in [1.82, 2.24) is 0 Å². The van der Waals surface area contributed by atoms with Crippen molar-refractivity contribution in [3.8, 4) is 5.75 Å². The summed E-state index contributed by atoms with van der Waals surface area (Å²) >= 11 is 0. The number of thiol groups is 1. The van der Waals surface area contributed by atoms with Gasteiger partial charge in [-0.2, -0.15) is 0 Å². The molecule has 1 aromatic rings. The highest BCUT2D eigenvalue weighted by atomic mass is 32.2. The first kappa shape index (κ1) is 10.0. The second-order valence-corrected chi connectivity index (χ2v) is 3.35. The van der Waals surface area contributed by atoms with Gasteiger partial charge in [0.15, 0.2) is 10.7 Å². The van der Waals surface area contributed by atoms with Crippen LogP contribution in [0.25, 0.3) is 0 Å². The summed E-state index contributed by atoms with van der Waals surface area (Å²) in [4.78, 5) is 0.256. The molecule has 0 aliphatic heterocycles. The molecule has 0 aromatic heterocycles. The van der Waals surface area contributed by atoms with Crippen LogP contribution in [0.3, 0.4) is 0 Å². The lowest BCUT2D eigenvalue weighted by Crippen LogP contribution is -2.01. The molecule has 0 saturated heterocycles. The Labute approximate surface area is 77.7 Å². The average molecular weight is 202 g/mol. The molecule has 0 unspecified atom stereocenters. The molecule has 0 bridgehead atoms. The number of hydrogen-bond acceptors (Lipinski definition) is 4. The number of ether oxygens (including phenoxy) is 1. The van der Waals surface area contributed by atoms with Crippen LogP contribution in [0, 0.1) is 0 Å². The van der Waals surface area contributed by atoms with Gasteiger partial charge in [-0.1, -0.05) is 0 Å². The van der Waals surface area contributed by atoms with E-state index in [1.54, 1.807) is 12.1 Å². The normalized spacial score (nSPS) is 10.3. The van der Waals surface area contributed by atoms with E-state index in [9.17, 15) is 8.42 Å². The van der Waals surface area contributed by atoms with Crippen LogP contribution >= 0.6 is 0 Å². The molecule has 1 N–H and O–H groups in total. The Morgan fingerprint density at radius 1 is 1.23 bits per heavy atom. The van der Waals surface area contributed by atoms with Gasteiger partial charge in [-0.3, -0.25) is 0 Å². The summed E-state index contributed by atoms with van der Waals surface area (Å²) in [7, 11) is -2.53. The second kappa shape index (κ2) is 4.84. The fourth-order valence-electron chi connectivity index (χ4n) is 0.828. The molecule has 13 heavy (non-hydrogen) atoms. The van der Waals surface area contributed by atoms with Crippen LogP contribution < -0.4 is 4.74 Å². The molecule has 4 nitrogen and oxygen atoms in total.